The Kier molecular flexibility index (Phi) is 3.46. The van der Waals surface area contributed by atoms with Gasteiger partial charge in [-0.05, 0) is 27.9 Å². The van der Waals surface area contributed by atoms with Crippen LogP contribution in [0.3, 0.4) is 0 Å². The molecule has 0 bridgehead atoms. The maximum absolute atomic E-state index is 5.65. The first-order chi connectivity index (χ1) is 8.03. The minimum absolute atomic E-state index is 0.0843. The largest absolute Gasteiger partial charge is 0.367 e. The van der Waals surface area contributed by atoms with Crippen LogP contribution >= 0.6 is 0 Å². The van der Waals surface area contributed by atoms with Gasteiger partial charge in [-0.3, -0.25) is 0 Å². The number of nitrogens with zero attached hydrogens (tertiary/aromatic N) is 3. The van der Waals surface area contributed by atoms with Crippen molar-refractivity contribution in [3.8, 4) is 0 Å². The van der Waals surface area contributed by atoms with Gasteiger partial charge in [-0.2, -0.15) is 4.98 Å². The molecule has 1 saturated heterocycles. The summed E-state index contributed by atoms with van der Waals surface area (Å²) in [4.78, 5) is 6.62. The topological polar surface area (TPSA) is 63.4 Å². The third kappa shape index (κ3) is 2.65. The summed E-state index contributed by atoms with van der Waals surface area (Å²) >= 11 is 0. The summed E-state index contributed by atoms with van der Waals surface area (Å²) in [6.45, 7) is 6.46. The van der Waals surface area contributed by atoms with Gasteiger partial charge in [0.05, 0.1) is 12.1 Å². The van der Waals surface area contributed by atoms with Crippen LogP contribution in [0, 0.1) is 0 Å². The van der Waals surface area contributed by atoms with E-state index in [1.165, 1.54) is 0 Å². The molecule has 1 atom stereocenters. The Labute approximate surface area is 101 Å². The monoisotopic (exact) mass is 240 g/mol. The summed E-state index contributed by atoms with van der Waals surface area (Å²) in [6, 6.07) is 0. The van der Waals surface area contributed by atoms with Crippen molar-refractivity contribution in [1.29, 1.82) is 0 Å². The Hall–Kier alpha value is -0.980. The first-order valence-electron chi connectivity index (χ1n) is 5.86. The first kappa shape index (κ1) is 12.5. The Balaban J connectivity index is 2.12. The Morgan fingerprint density at radius 1 is 1.47 bits per heavy atom. The maximum atomic E-state index is 5.65. The normalized spacial score (nSPS) is 22.9. The molecular weight excluding hydrogens is 220 g/mol. The fourth-order valence-corrected chi connectivity index (χ4v) is 1.66. The molecule has 1 aliphatic heterocycles. The average Bonchev–Trinajstić information content (AvgIpc) is 2.79. The summed E-state index contributed by atoms with van der Waals surface area (Å²) in [6.07, 6.45) is -0.0843. The van der Waals surface area contributed by atoms with Gasteiger partial charge in [-0.25, -0.2) is 0 Å². The van der Waals surface area contributed by atoms with E-state index in [9.17, 15) is 0 Å². The van der Waals surface area contributed by atoms with Gasteiger partial charge in [0, 0.05) is 13.1 Å². The number of morpholine rings is 1. The Morgan fingerprint density at radius 2 is 2.24 bits per heavy atom. The lowest BCUT2D eigenvalue weighted by atomic mass is 10.1. The van der Waals surface area contributed by atoms with Crippen molar-refractivity contribution in [2.75, 3.05) is 33.8 Å². The van der Waals surface area contributed by atoms with Crippen LogP contribution in [0.2, 0.25) is 0 Å². The molecule has 96 valence electrons. The van der Waals surface area contributed by atoms with Crippen molar-refractivity contribution in [3.05, 3.63) is 11.7 Å². The highest BCUT2D eigenvalue weighted by molar-refractivity contribution is 5.01. The van der Waals surface area contributed by atoms with Crippen LogP contribution in [0.5, 0.6) is 0 Å². The molecule has 1 aromatic rings. The minimum atomic E-state index is -0.314. The van der Waals surface area contributed by atoms with Gasteiger partial charge in [0.25, 0.3) is 0 Å². The van der Waals surface area contributed by atoms with Crippen LogP contribution in [0.15, 0.2) is 4.52 Å². The van der Waals surface area contributed by atoms with Crippen LogP contribution in [-0.2, 0) is 10.3 Å². The lowest BCUT2D eigenvalue weighted by Crippen LogP contribution is -2.36. The molecule has 2 heterocycles. The van der Waals surface area contributed by atoms with Crippen LogP contribution in [-0.4, -0.2) is 48.8 Å². The highest BCUT2D eigenvalue weighted by Gasteiger charge is 2.29. The number of ether oxygens (including phenoxy) is 1. The molecule has 6 heteroatoms. The van der Waals surface area contributed by atoms with E-state index >= 15 is 0 Å². The zero-order valence-corrected chi connectivity index (χ0v) is 10.9. The first-order valence-corrected chi connectivity index (χ1v) is 5.86. The number of hydrogen-bond donors (Lipinski definition) is 1. The van der Waals surface area contributed by atoms with E-state index < -0.39 is 0 Å². The molecule has 1 aromatic heterocycles. The van der Waals surface area contributed by atoms with Gasteiger partial charge >= 0.3 is 0 Å². The van der Waals surface area contributed by atoms with Gasteiger partial charge in [0.1, 0.15) is 6.10 Å². The molecule has 6 nitrogen and oxygen atoms in total. The van der Waals surface area contributed by atoms with Crippen LogP contribution < -0.4 is 5.32 Å². The van der Waals surface area contributed by atoms with Crippen LogP contribution in [0.25, 0.3) is 0 Å². The van der Waals surface area contributed by atoms with E-state index in [0.717, 1.165) is 13.1 Å². The second-order valence-corrected chi connectivity index (χ2v) is 4.95. The molecule has 0 saturated carbocycles. The molecule has 1 fully saturated rings. The van der Waals surface area contributed by atoms with Crippen molar-refractivity contribution in [2.45, 2.75) is 25.5 Å². The molecule has 0 radical (unpaired) electrons. The predicted molar refractivity (Wildman–Crippen MR) is 62.6 cm³/mol. The van der Waals surface area contributed by atoms with Crippen LogP contribution in [0.4, 0.5) is 0 Å². The van der Waals surface area contributed by atoms with Gasteiger partial charge in [0.2, 0.25) is 11.7 Å². The van der Waals surface area contributed by atoms with Gasteiger partial charge in [0.15, 0.2) is 0 Å². The van der Waals surface area contributed by atoms with Gasteiger partial charge in [-0.15, -0.1) is 0 Å². The maximum Gasteiger partial charge on any atom is 0.246 e. The number of rotatable bonds is 3. The Morgan fingerprint density at radius 3 is 2.88 bits per heavy atom. The summed E-state index contributed by atoms with van der Waals surface area (Å²) in [5.74, 6) is 1.22. The highest BCUT2D eigenvalue weighted by atomic mass is 16.5. The fourth-order valence-electron chi connectivity index (χ4n) is 1.66. The molecule has 17 heavy (non-hydrogen) atoms. The highest BCUT2D eigenvalue weighted by Crippen LogP contribution is 2.22. The van der Waals surface area contributed by atoms with Crippen molar-refractivity contribution in [2.24, 2.45) is 0 Å². The summed E-state index contributed by atoms with van der Waals surface area (Å²) < 4.78 is 10.9. The smallest absolute Gasteiger partial charge is 0.246 e. The van der Waals surface area contributed by atoms with E-state index in [-0.39, 0.29) is 11.6 Å². The molecular formula is C11H20N4O2. The van der Waals surface area contributed by atoms with Crippen molar-refractivity contribution in [3.63, 3.8) is 0 Å². The second-order valence-electron chi connectivity index (χ2n) is 4.95. The molecule has 1 N–H and O–H groups in total. The van der Waals surface area contributed by atoms with E-state index in [1.54, 1.807) is 0 Å². The molecule has 2 rings (SSSR count). The number of likely N-dealkylation sites (N-methyl/N-ethyl adjacent to an activating group) is 1. The third-order valence-corrected chi connectivity index (χ3v) is 3.16. The molecule has 1 unspecified atom stereocenters. The minimum Gasteiger partial charge on any atom is -0.367 e. The standard InChI is InChI=1S/C11H20N4O2/c1-11(2,12-3)10-13-9(14-17-10)8-7-15(4)5-6-16-8/h8,12H,5-7H2,1-4H3. The average molecular weight is 240 g/mol. The lowest BCUT2D eigenvalue weighted by molar-refractivity contribution is -0.0264. The zero-order chi connectivity index (χ0) is 12.5. The van der Waals surface area contributed by atoms with E-state index in [4.69, 9.17) is 9.26 Å². The van der Waals surface area contributed by atoms with E-state index in [0.29, 0.717) is 18.3 Å². The van der Waals surface area contributed by atoms with Crippen molar-refractivity contribution < 1.29 is 9.26 Å². The summed E-state index contributed by atoms with van der Waals surface area (Å²) in [7, 11) is 3.93. The van der Waals surface area contributed by atoms with E-state index in [2.05, 4.69) is 27.4 Å². The van der Waals surface area contributed by atoms with Crippen LogP contribution in [0.1, 0.15) is 31.7 Å². The number of hydrogen-bond acceptors (Lipinski definition) is 6. The molecule has 0 amide bonds. The summed E-state index contributed by atoms with van der Waals surface area (Å²) in [5.41, 5.74) is -0.314. The SMILES string of the molecule is CNC(C)(C)c1nc(C2CN(C)CCO2)no1. The predicted octanol–water partition coefficient (Wildman–Crippen LogP) is 0.527. The quantitative estimate of drug-likeness (QED) is 0.831. The zero-order valence-electron chi connectivity index (χ0n) is 10.9. The number of aromatic nitrogens is 2. The van der Waals surface area contributed by atoms with Crippen molar-refractivity contribution >= 4 is 0 Å². The Bertz CT molecular complexity index is 377. The molecule has 1 aliphatic rings. The molecule has 0 aliphatic carbocycles. The fraction of sp³-hybridized carbons (Fsp3) is 0.818. The second kappa shape index (κ2) is 4.72. The lowest BCUT2D eigenvalue weighted by Gasteiger charge is -2.27. The molecule has 0 spiro atoms. The van der Waals surface area contributed by atoms with Crippen molar-refractivity contribution in [1.82, 2.24) is 20.4 Å². The third-order valence-electron chi connectivity index (χ3n) is 3.16. The van der Waals surface area contributed by atoms with Gasteiger partial charge < -0.3 is 19.5 Å². The number of nitrogens with one attached hydrogen (secondary N) is 1. The van der Waals surface area contributed by atoms with Gasteiger partial charge in [-0.1, -0.05) is 5.16 Å². The molecule has 0 aromatic carbocycles. The van der Waals surface area contributed by atoms with E-state index in [1.807, 2.05) is 20.9 Å². The summed E-state index contributed by atoms with van der Waals surface area (Å²) in [5, 5.41) is 7.15.